The van der Waals surface area contributed by atoms with Crippen LogP contribution in [-0.2, 0) is 17.6 Å². The molecule has 10 heteroatoms. The highest BCUT2D eigenvalue weighted by atomic mass is 32.2. The molecule has 0 bridgehead atoms. The Kier molecular flexibility index (Phi) is 6.18. The van der Waals surface area contributed by atoms with Crippen LogP contribution in [0.15, 0.2) is 45.6 Å². The highest BCUT2D eigenvalue weighted by Gasteiger charge is 2.17. The smallest absolute Gasteiger partial charge is 0.414 e. The molecule has 0 aliphatic carbocycles. The first kappa shape index (κ1) is 21.5. The third kappa shape index (κ3) is 4.50. The van der Waals surface area contributed by atoms with Crippen molar-refractivity contribution in [2.45, 2.75) is 13.3 Å². The van der Waals surface area contributed by atoms with Crippen LogP contribution in [0.3, 0.4) is 0 Å². The zero-order valence-electron chi connectivity index (χ0n) is 16.5. The van der Waals surface area contributed by atoms with E-state index in [1.165, 1.54) is 23.1 Å². The minimum Gasteiger partial charge on any atom is -0.422 e. The third-order valence-corrected chi connectivity index (χ3v) is 4.91. The van der Waals surface area contributed by atoms with Crippen molar-refractivity contribution in [3.8, 4) is 5.75 Å². The van der Waals surface area contributed by atoms with Gasteiger partial charge in [0.2, 0.25) is 0 Å². The number of ether oxygens (including phenoxy) is 1. The Bertz CT molecular complexity index is 1210. The standard InChI is InChI=1S/C20H20FN3O5S/c1-11-14-8-7-13(28-20(26)24(2)3)10-17(14)29-19(25)15(11)9-12-5-4-6-16(18(12)21)23-30(22)27/h4-8,10,23H,9,22H2,1-3H3. The van der Waals surface area contributed by atoms with Gasteiger partial charge in [0.1, 0.15) is 11.3 Å². The van der Waals surface area contributed by atoms with Gasteiger partial charge in [0.25, 0.3) is 0 Å². The summed E-state index contributed by atoms with van der Waals surface area (Å²) in [6, 6.07) is 9.19. The Morgan fingerprint density at radius 2 is 2.03 bits per heavy atom. The van der Waals surface area contributed by atoms with Crippen molar-refractivity contribution in [2.24, 2.45) is 5.14 Å². The largest absolute Gasteiger partial charge is 0.422 e. The number of carbonyl (C=O) groups excluding carboxylic acids is 1. The molecule has 0 aliphatic rings. The first-order valence-corrected chi connectivity index (χ1v) is 10.0. The fraction of sp³-hybridized carbons (Fsp3) is 0.200. The number of hydrogen-bond acceptors (Lipinski definition) is 5. The van der Waals surface area contributed by atoms with E-state index in [1.807, 2.05) is 0 Å². The Morgan fingerprint density at radius 1 is 1.30 bits per heavy atom. The normalized spacial score (nSPS) is 11.9. The van der Waals surface area contributed by atoms with Crippen LogP contribution in [0.2, 0.25) is 0 Å². The Morgan fingerprint density at radius 3 is 2.70 bits per heavy atom. The molecule has 1 heterocycles. The predicted molar refractivity (Wildman–Crippen MR) is 112 cm³/mol. The summed E-state index contributed by atoms with van der Waals surface area (Å²) in [5.41, 5.74) is 0.716. The van der Waals surface area contributed by atoms with Gasteiger partial charge in [0.05, 0.1) is 5.69 Å². The molecular weight excluding hydrogens is 413 g/mol. The van der Waals surface area contributed by atoms with Gasteiger partial charge in [-0.25, -0.2) is 23.3 Å². The van der Waals surface area contributed by atoms with Crippen molar-refractivity contribution in [2.75, 3.05) is 18.8 Å². The molecule has 0 spiro atoms. The van der Waals surface area contributed by atoms with E-state index in [4.69, 9.17) is 14.3 Å². The zero-order chi connectivity index (χ0) is 22.0. The SMILES string of the molecule is Cc1c(Cc2cccc(NS(N)=O)c2F)c(=O)oc2cc(OC(=O)N(C)C)ccc12. The van der Waals surface area contributed by atoms with Crippen LogP contribution < -0.4 is 20.2 Å². The van der Waals surface area contributed by atoms with Crippen LogP contribution in [0, 0.1) is 12.7 Å². The number of anilines is 1. The van der Waals surface area contributed by atoms with Crippen molar-refractivity contribution in [3.63, 3.8) is 0 Å². The van der Waals surface area contributed by atoms with E-state index in [0.717, 1.165) is 0 Å². The molecule has 158 valence electrons. The number of benzene rings is 2. The summed E-state index contributed by atoms with van der Waals surface area (Å²) >= 11 is -1.93. The summed E-state index contributed by atoms with van der Waals surface area (Å²) in [5.74, 6) is -0.419. The average molecular weight is 433 g/mol. The van der Waals surface area contributed by atoms with E-state index < -0.39 is 28.7 Å². The van der Waals surface area contributed by atoms with Crippen LogP contribution in [0.1, 0.15) is 16.7 Å². The first-order valence-electron chi connectivity index (χ1n) is 8.83. The van der Waals surface area contributed by atoms with Crippen LogP contribution in [0.5, 0.6) is 5.75 Å². The third-order valence-electron chi connectivity index (χ3n) is 4.49. The molecule has 0 aliphatic heterocycles. The first-order chi connectivity index (χ1) is 14.2. The van der Waals surface area contributed by atoms with Gasteiger partial charge in [-0.05, 0) is 36.2 Å². The maximum Gasteiger partial charge on any atom is 0.414 e. The van der Waals surface area contributed by atoms with Crippen molar-refractivity contribution < 1.29 is 22.5 Å². The molecule has 2 aromatic carbocycles. The number of carbonyl (C=O) groups is 1. The lowest BCUT2D eigenvalue weighted by atomic mass is 9.99. The van der Waals surface area contributed by atoms with Gasteiger partial charge in [-0.1, -0.05) is 12.1 Å². The van der Waals surface area contributed by atoms with Crippen molar-refractivity contribution >= 4 is 33.9 Å². The quantitative estimate of drug-likeness (QED) is 0.601. The summed E-state index contributed by atoms with van der Waals surface area (Å²) in [6.07, 6.45) is -0.590. The summed E-state index contributed by atoms with van der Waals surface area (Å²) in [4.78, 5) is 25.6. The maximum absolute atomic E-state index is 14.7. The highest BCUT2D eigenvalue weighted by Crippen LogP contribution is 2.27. The summed E-state index contributed by atoms with van der Waals surface area (Å²) < 4.78 is 38.7. The number of halogens is 1. The molecule has 30 heavy (non-hydrogen) atoms. The van der Waals surface area contributed by atoms with Gasteiger partial charge >= 0.3 is 11.7 Å². The van der Waals surface area contributed by atoms with Crippen LogP contribution in [0.25, 0.3) is 11.0 Å². The predicted octanol–water partition coefficient (Wildman–Crippen LogP) is 2.84. The molecule has 1 aromatic heterocycles. The molecule has 8 nitrogen and oxygen atoms in total. The highest BCUT2D eigenvalue weighted by molar-refractivity contribution is 7.84. The van der Waals surface area contributed by atoms with Gasteiger partial charge in [0, 0.05) is 37.5 Å². The number of nitrogens with one attached hydrogen (secondary N) is 1. The van der Waals surface area contributed by atoms with Gasteiger partial charge in [-0.2, -0.15) is 0 Å². The number of hydrogen-bond donors (Lipinski definition) is 2. The minimum atomic E-state index is -1.93. The molecule has 3 N–H and O–H groups in total. The molecule has 0 radical (unpaired) electrons. The molecule has 3 aromatic rings. The van der Waals surface area contributed by atoms with Gasteiger partial charge in [-0.3, -0.25) is 4.72 Å². The number of fused-ring (bicyclic) bond motifs is 1. The molecule has 1 atom stereocenters. The number of rotatable bonds is 5. The van der Waals surface area contributed by atoms with Crippen LogP contribution >= 0.6 is 0 Å². The minimum absolute atomic E-state index is 0.0245. The lowest BCUT2D eigenvalue weighted by Crippen LogP contribution is -2.25. The van der Waals surface area contributed by atoms with E-state index >= 15 is 0 Å². The van der Waals surface area contributed by atoms with E-state index in [9.17, 15) is 18.2 Å². The van der Waals surface area contributed by atoms with Gasteiger partial charge in [-0.15, -0.1) is 0 Å². The average Bonchev–Trinajstić information content (AvgIpc) is 2.67. The number of aryl methyl sites for hydroxylation is 1. The lowest BCUT2D eigenvalue weighted by Gasteiger charge is -2.13. The molecular formula is C20H20FN3O5S. The van der Waals surface area contributed by atoms with E-state index in [1.54, 1.807) is 39.2 Å². The Hall–Kier alpha value is -3.24. The summed E-state index contributed by atoms with van der Waals surface area (Å²) in [5, 5.41) is 5.79. The maximum atomic E-state index is 14.7. The molecule has 3 rings (SSSR count). The second-order valence-electron chi connectivity index (χ2n) is 6.77. The van der Waals surface area contributed by atoms with Gasteiger partial charge in [0.15, 0.2) is 17.0 Å². The molecule has 0 saturated heterocycles. The molecule has 1 amide bonds. The van der Waals surface area contributed by atoms with Crippen molar-refractivity contribution in [1.29, 1.82) is 0 Å². The fourth-order valence-corrected chi connectivity index (χ4v) is 3.30. The summed E-state index contributed by atoms with van der Waals surface area (Å²) in [7, 11) is 3.10. The number of nitrogens with zero attached hydrogens (tertiary/aromatic N) is 1. The second kappa shape index (κ2) is 8.64. The number of nitrogens with two attached hydrogens (primary N) is 1. The number of amides is 1. The Balaban J connectivity index is 1.99. The van der Waals surface area contributed by atoms with E-state index in [-0.39, 0.29) is 34.6 Å². The summed E-state index contributed by atoms with van der Waals surface area (Å²) in [6.45, 7) is 1.73. The van der Waals surface area contributed by atoms with Gasteiger partial charge < -0.3 is 14.1 Å². The molecule has 0 saturated carbocycles. The van der Waals surface area contributed by atoms with Crippen molar-refractivity contribution in [3.05, 3.63) is 69.3 Å². The van der Waals surface area contributed by atoms with E-state index in [2.05, 4.69) is 4.72 Å². The lowest BCUT2D eigenvalue weighted by molar-refractivity contribution is 0.172. The molecule has 0 fully saturated rings. The topological polar surface area (TPSA) is 115 Å². The monoisotopic (exact) mass is 433 g/mol. The Labute approximate surface area is 174 Å². The van der Waals surface area contributed by atoms with Crippen LogP contribution in [0.4, 0.5) is 14.9 Å². The zero-order valence-corrected chi connectivity index (χ0v) is 17.3. The molecule has 1 unspecified atom stereocenters. The second-order valence-corrected chi connectivity index (χ2v) is 7.57. The van der Waals surface area contributed by atoms with Crippen molar-refractivity contribution in [1.82, 2.24) is 4.90 Å². The van der Waals surface area contributed by atoms with Crippen LogP contribution in [-0.4, -0.2) is 29.3 Å². The van der Waals surface area contributed by atoms with E-state index in [0.29, 0.717) is 10.9 Å². The fourth-order valence-electron chi connectivity index (χ4n) is 2.93.